The number of nitrogens with zero attached hydrogens (tertiary/aromatic N) is 1. The summed E-state index contributed by atoms with van der Waals surface area (Å²) in [5.74, 6) is 0. The normalized spacial score (nSPS) is 13.1. The zero-order valence-electron chi connectivity index (χ0n) is 16.4. The van der Waals surface area contributed by atoms with Crippen LogP contribution in [0.1, 0.15) is 67.2 Å². The van der Waals surface area contributed by atoms with E-state index in [1.165, 1.54) is 62.1 Å². The average molecular weight is 346 g/mol. The van der Waals surface area contributed by atoms with Crippen molar-refractivity contribution < 1.29 is 5.11 Å². The summed E-state index contributed by atoms with van der Waals surface area (Å²) < 4.78 is 3.18. The van der Waals surface area contributed by atoms with Crippen LogP contribution in [0.3, 0.4) is 0 Å². The topological polar surface area (TPSA) is 23.5 Å². The molecule has 0 aromatic rings. The molecular formula is C18H43NOSi2. The SMILES string of the molecule is CC[Si](CC)(CC)N(CCCCCCO)[Si](CC)(CC)CC. The molecule has 0 saturated heterocycles. The molecule has 0 fully saturated rings. The average Bonchev–Trinajstić information content (AvgIpc) is 2.57. The summed E-state index contributed by atoms with van der Waals surface area (Å²) in [4.78, 5) is 0. The zero-order chi connectivity index (χ0) is 17.1. The number of hydrogen-bond donors (Lipinski definition) is 1. The first-order valence-electron chi connectivity index (χ1n) is 9.94. The Morgan fingerprint density at radius 1 is 0.591 bits per heavy atom. The Bertz CT molecular complexity index is 229. The minimum atomic E-state index is -1.27. The molecule has 22 heavy (non-hydrogen) atoms. The molecule has 4 heteroatoms. The highest BCUT2D eigenvalue weighted by Gasteiger charge is 2.45. The van der Waals surface area contributed by atoms with Crippen molar-refractivity contribution in [1.82, 2.24) is 4.23 Å². The molecule has 0 atom stereocenters. The molecule has 0 heterocycles. The molecule has 134 valence electrons. The van der Waals surface area contributed by atoms with E-state index in [1.54, 1.807) is 0 Å². The van der Waals surface area contributed by atoms with Crippen molar-refractivity contribution in [3.05, 3.63) is 0 Å². The third-order valence-corrected chi connectivity index (χ3v) is 19.9. The van der Waals surface area contributed by atoms with Crippen LogP contribution >= 0.6 is 0 Å². The fraction of sp³-hybridized carbons (Fsp3) is 1.00. The van der Waals surface area contributed by atoms with Gasteiger partial charge in [-0.2, -0.15) is 0 Å². The van der Waals surface area contributed by atoms with E-state index in [0.29, 0.717) is 6.61 Å². The summed E-state index contributed by atoms with van der Waals surface area (Å²) in [5, 5.41) is 8.96. The van der Waals surface area contributed by atoms with Crippen LogP contribution in [0.4, 0.5) is 0 Å². The Morgan fingerprint density at radius 2 is 0.955 bits per heavy atom. The van der Waals surface area contributed by atoms with Gasteiger partial charge in [0.05, 0.1) is 0 Å². The van der Waals surface area contributed by atoms with Crippen molar-refractivity contribution in [2.24, 2.45) is 0 Å². The van der Waals surface area contributed by atoms with Crippen LogP contribution in [0, 0.1) is 0 Å². The lowest BCUT2D eigenvalue weighted by molar-refractivity contribution is 0.282. The Morgan fingerprint density at radius 3 is 1.27 bits per heavy atom. The maximum Gasteiger partial charge on any atom is 0.120 e. The molecule has 0 spiro atoms. The minimum Gasteiger partial charge on any atom is -0.396 e. The minimum absolute atomic E-state index is 0.360. The molecular weight excluding hydrogens is 302 g/mol. The molecule has 2 nitrogen and oxygen atoms in total. The van der Waals surface area contributed by atoms with Gasteiger partial charge in [0.2, 0.25) is 0 Å². The first-order valence-corrected chi connectivity index (χ1v) is 15.1. The zero-order valence-corrected chi connectivity index (χ0v) is 18.4. The van der Waals surface area contributed by atoms with E-state index >= 15 is 0 Å². The molecule has 0 aromatic heterocycles. The second-order valence-electron chi connectivity index (χ2n) is 6.86. The van der Waals surface area contributed by atoms with Gasteiger partial charge in [-0.15, -0.1) is 0 Å². The highest BCUT2D eigenvalue weighted by molar-refractivity contribution is 6.92. The molecule has 0 aliphatic carbocycles. The molecule has 0 aliphatic heterocycles. The molecule has 0 aliphatic rings. The molecule has 1 N–H and O–H groups in total. The first-order chi connectivity index (χ1) is 10.6. The fourth-order valence-electron chi connectivity index (χ4n) is 4.36. The Labute approximate surface area is 142 Å². The van der Waals surface area contributed by atoms with Gasteiger partial charge in [0.1, 0.15) is 16.5 Å². The number of rotatable bonds is 14. The lowest BCUT2D eigenvalue weighted by Crippen LogP contribution is -2.66. The highest BCUT2D eigenvalue weighted by Crippen LogP contribution is 2.36. The fourth-order valence-corrected chi connectivity index (χ4v) is 17.8. The standard InChI is InChI=1S/C18H43NOSi2/c1-7-21(8-2,9-3)19(17-15-13-14-16-18-20)22(10-4,11-5)12-6/h20H,7-18H2,1-6H3. The van der Waals surface area contributed by atoms with Crippen LogP contribution in [0.15, 0.2) is 0 Å². The Balaban J connectivity index is 5.20. The van der Waals surface area contributed by atoms with Crippen LogP contribution in [0.5, 0.6) is 0 Å². The van der Waals surface area contributed by atoms with Gasteiger partial charge >= 0.3 is 0 Å². The molecule has 0 aromatic carbocycles. The van der Waals surface area contributed by atoms with Gasteiger partial charge in [0, 0.05) is 6.61 Å². The van der Waals surface area contributed by atoms with E-state index in [0.717, 1.165) is 6.42 Å². The summed E-state index contributed by atoms with van der Waals surface area (Å²) in [6.45, 7) is 16.4. The third kappa shape index (κ3) is 5.46. The summed E-state index contributed by atoms with van der Waals surface area (Å²) in [7, 11) is -2.54. The van der Waals surface area contributed by atoms with Gasteiger partial charge in [-0.1, -0.05) is 54.4 Å². The van der Waals surface area contributed by atoms with Crippen LogP contribution in [-0.4, -0.2) is 39.0 Å². The summed E-state index contributed by atoms with van der Waals surface area (Å²) >= 11 is 0. The predicted octanol–water partition coefficient (Wildman–Crippen LogP) is 5.85. The van der Waals surface area contributed by atoms with E-state index < -0.39 is 16.5 Å². The highest BCUT2D eigenvalue weighted by atomic mass is 28.4. The number of aliphatic hydroxyl groups is 1. The maximum atomic E-state index is 8.96. The van der Waals surface area contributed by atoms with Crippen molar-refractivity contribution in [2.75, 3.05) is 13.2 Å². The van der Waals surface area contributed by atoms with Crippen molar-refractivity contribution >= 4 is 16.5 Å². The van der Waals surface area contributed by atoms with Crippen LogP contribution in [0.2, 0.25) is 36.3 Å². The third-order valence-electron chi connectivity index (χ3n) is 6.38. The summed E-state index contributed by atoms with van der Waals surface area (Å²) in [5.41, 5.74) is 0. The summed E-state index contributed by atoms with van der Waals surface area (Å²) in [6, 6.07) is 8.53. The molecule has 0 radical (unpaired) electrons. The van der Waals surface area contributed by atoms with Crippen molar-refractivity contribution in [3.8, 4) is 0 Å². The smallest absolute Gasteiger partial charge is 0.120 e. The summed E-state index contributed by atoms with van der Waals surface area (Å²) in [6.07, 6.45) is 4.81. The van der Waals surface area contributed by atoms with Crippen molar-refractivity contribution in [2.45, 2.75) is 103 Å². The molecule has 0 bridgehead atoms. The number of unbranched alkanes of at least 4 members (excludes halogenated alkanes) is 3. The van der Waals surface area contributed by atoms with Gasteiger partial charge in [0.25, 0.3) is 0 Å². The van der Waals surface area contributed by atoms with E-state index in [2.05, 4.69) is 45.8 Å². The molecule has 0 rings (SSSR count). The van der Waals surface area contributed by atoms with Crippen LogP contribution in [-0.2, 0) is 0 Å². The van der Waals surface area contributed by atoms with Gasteiger partial charge in [-0.05, 0) is 55.7 Å². The van der Waals surface area contributed by atoms with Crippen LogP contribution in [0.25, 0.3) is 0 Å². The van der Waals surface area contributed by atoms with E-state index in [4.69, 9.17) is 5.11 Å². The van der Waals surface area contributed by atoms with Gasteiger partial charge in [-0.25, -0.2) is 0 Å². The van der Waals surface area contributed by atoms with Gasteiger partial charge < -0.3 is 9.34 Å². The van der Waals surface area contributed by atoms with Crippen LogP contribution < -0.4 is 0 Å². The molecule has 0 unspecified atom stereocenters. The first kappa shape index (κ1) is 22.4. The lowest BCUT2D eigenvalue weighted by atomic mass is 10.2. The van der Waals surface area contributed by atoms with Gasteiger partial charge in [0.15, 0.2) is 0 Å². The molecule has 0 saturated carbocycles. The van der Waals surface area contributed by atoms with E-state index in [9.17, 15) is 0 Å². The maximum absolute atomic E-state index is 8.96. The van der Waals surface area contributed by atoms with Gasteiger partial charge in [-0.3, -0.25) is 0 Å². The quantitative estimate of drug-likeness (QED) is 0.315. The molecule has 0 amide bonds. The largest absolute Gasteiger partial charge is 0.396 e. The number of hydrogen-bond acceptors (Lipinski definition) is 2. The van der Waals surface area contributed by atoms with Crippen molar-refractivity contribution in [3.63, 3.8) is 0 Å². The predicted molar refractivity (Wildman–Crippen MR) is 107 cm³/mol. The Hall–Kier alpha value is 0.354. The monoisotopic (exact) mass is 345 g/mol. The second kappa shape index (κ2) is 11.8. The second-order valence-corrected chi connectivity index (χ2v) is 17.5. The Kier molecular flexibility index (Phi) is 12.0. The van der Waals surface area contributed by atoms with Crippen molar-refractivity contribution in [1.29, 1.82) is 0 Å². The lowest BCUT2D eigenvalue weighted by Gasteiger charge is -2.52. The number of aliphatic hydroxyl groups excluding tert-OH is 1. The van der Waals surface area contributed by atoms with E-state index in [1.807, 2.05) is 0 Å². The van der Waals surface area contributed by atoms with E-state index in [-0.39, 0.29) is 0 Å².